The molecule has 3 aliphatic rings. The van der Waals surface area contributed by atoms with Crippen molar-refractivity contribution in [3.63, 3.8) is 0 Å². The van der Waals surface area contributed by atoms with Crippen molar-refractivity contribution < 1.29 is 13.6 Å². The number of nitrogens with zero attached hydrogens (tertiary/aromatic N) is 3. The molecule has 1 aromatic heterocycles. The first-order valence-electron chi connectivity index (χ1n) is 11.1. The monoisotopic (exact) mass is 426 g/mol. The lowest BCUT2D eigenvalue weighted by Crippen LogP contribution is -2.52. The fourth-order valence-corrected chi connectivity index (χ4v) is 6.86. The Bertz CT molecular complexity index is 1040. The third kappa shape index (κ3) is 2.68. The number of hydrogen-bond donors (Lipinski definition) is 1. The molecule has 2 bridgehead atoms. The zero-order valence-electron chi connectivity index (χ0n) is 18.2. The summed E-state index contributed by atoms with van der Waals surface area (Å²) < 4.78 is 28.8. The number of fused-ring (bicyclic) bond motifs is 5. The van der Waals surface area contributed by atoms with E-state index < -0.39 is 11.6 Å². The topological polar surface area (TPSA) is 58.1 Å². The minimum Gasteiger partial charge on any atom is -0.341 e. The van der Waals surface area contributed by atoms with Crippen LogP contribution in [0.4, 0.5) is 13.6 Å². The molecule has 164 valence electrons. The van der Waals surface area contributed by atoms with E-state index in [-0.39, 0.29) is 40.0 Å². The number of likely N-dealkylation sites (tertiary alicyclic amines) is 1. The Labute approximate surface area is 181 Å². The second-order valence-electron chi connectivity index (χ2n) is 9.75. The molecule has 31 heavy (non-hydrogen) atoms. The van der Waals surface area contributed by atoms with E-state index in [0.717, 1.165) is 43.5 Å². The molecule has 2 aliphatic carbocycles. The van der Waals surface area contributed by atoms with E-state index in [1.54, 1.807) is 7.05 Å². The van der Waals surface area contributed by atoms with Crippen LogP contribution in [-0.2, 0) is 5.41 Å². The van der Waals surface area contributed by atoms with Gasteiger partial charge in [0.2, 0.25) is 0 Å². The third-order valence-electron chi connectivity index (χ3n) is 8.31. The van der Waals surface area contributed by atoms with Gasteiger partial charge in [-0.1, -0.05) is 19.9 Å². The Balaban J connectivity index is 1.60. The summed E-state index contributed by atoms with van der Waals surface area (Å²) in [5.41, 5.74) is 1.93. The average molecular weight is 427 g/mol. The zero-order chi connectivity index (χ0) is 22.0. The quantitative estimate of drug-likeness (QED) is 0.762. The maximum Gasteiger partial charge on any atom is 0.317 e. The molecule has 1 aromatic carbocycles. The highest BCUT2D eigenvalue weighted by atomic mass is 19.1. The van der Waals surface area contributed by atoms with E-state index in [1.807, 2.05) is 11.0 Å². The number of aromatic nitrogens is 2. The number of rotatable bonds is 2. The second kappa shape index (κ2) is 6.97. The van der Waals surface area contributed by atoms with Crippen LogP contribution in [-0.4, -0.2) is 41.3 Å². The van der Waals surface area contributed by atoms with Gasteiger partial charge in [0.05, 0.1) is 17.0 Å². The SMILES string of the molecule is CNC(=O)N1CCC[C@H]([C@@]23CC[C@@H](c4cc(-c5c(F)cccc5F)nnc42)C3(C)C)C1. The number of piperidine rings is 1. The van der Waals surface area contributed by atoms with Gasteiger partial charge < -0.3 is 10.2 Å². The Morgan fingerprint density at radius 1 is 1.19 bits per heavy atom. The van der Waals surface area contributed by atoms with Crippen molar-refractivity contribution in [2.45, 2.75) is 50.9 Å². The summed E-state index contributed by atoms with van der Waals surface area (Å²) in [5, 5.41) is 11.7. The van der Waals surface area contributed by atoms with Crippen LogP contribution in [0.5, 0.6) is 0 Å². The Morgan fingerprint density at radius 3 is 2.65 bits per heavy atom. The fourth-order valence-electron chi connectivity index (χ4n) is 6.86. The largest absolute Gasteiger partial charge is 0.341 e. The van der Waals surface area contributed by atoms with E-state index >= 15 is 0 Å². The first-order valence-corrected chi connectivity index (χ1v) is 11.1. The van der Waals surface area contributed by atoms with Gasteiger partial charge in [0, 0.05) is 25.6 Å². The van der Waals surface area contributed by atoms with Gasteiger partial charge in [-0.15, -0.1) is 0 Å². The fraction of sp³-hybridized carbons (Fsp3) is 0.542. The van der Waals surface area contributed by atoms with E-state index in [9.17, 15) is 13.6 Å². The number of urea groups is 1. The second-order valence-corrected chi connectivity index (χ2v) is 9.75. The highest BCUT2D eigenvalue weighted by Gasteiger charge is 2.66. The van der Waals surface area contributed by atoms with Crippen molar-refractivity contribution in [2.75, 3.05) is 20.1 Å². The summed E-state index contributed by atoms with van der Waals surface area (Å²) in [7, 11) is 1.67. The van der Waals surface area contributed by atoms with Crippen LogP contribution in [0.3, 0.4) is 0 Å². The van der Waals surface area contributed by atoms with Gasteiger partial charge >= 0.3 is 6.03 Å². The van der Waals surface area contributed by atoms with Crippen molar-refractivity contribution in [1.82, 2.24) is 20.4 Å². The van der Waals surface area contributed by atoms with Crippen LogP contribution in [0.1, 0.15) is 56.7 Å². The van der Waals surface area contributed by atoms with Crippen molar-refractivity contribution in [1.29, 1.82) is 0 Å². The predicted octanol–water partition coefficient (Wildman–Crippen LogP) is 4.63. The lowest BCUT2D eigenvalue weighted by Gasteiger charge is -2.48. The molecular weight excluding hydrogens is 398 g/mol. The van der Waals surface area contributed by atoms with Crippen molar-refractivity contribution in [2.24, 2.45) is 11.3 Å². The average Bonchev–Trinajstić information content (AvgIpc) is 3.14. The molecule has 0 radical (unpaired) electrons. The number of carbonyl (C=O) groups is 1. The summed E-state index contributed by atoms with van der Waals surface area (Å²) in [6.45, 7) is 6.03. The molecular formula is C24H28F2N4O. The summed E-state index contributed by atoms with van der Waals surface area (Å²) in [6, 6.07) is 5.68. The van der Waals surface area contributed by atoms with Gasteiger partial charge in [0.1, 0.15) is 11.6 Å². The number of benzene rings is 1. The highest BCUT2D eigenvalue weighted by Crippen LogP contribution is 2.70. The van der Waals surface area contributed by atoms with Gasteiger partial charge in [0.15, 0.2) is 0 Å². The number of amides is 2. The molecule has 1 saturated carbocycles. The molecule has 1 saturated heterocycles. The normalized spacial score (nSPS) is 28.5. The molecule has 2 heterocycles. The van der Waals surface area contributed by atoms with Gasteiger partial charge in [0.25, 0.3) is 0 Å². The molecule has 2 fully saturated rings. The minimum atomic E-state index is -0.625. The molecule has 5 nitrogen and oxygen atoms in total. The first-order chi connectivity index (χ1) is 14.8. The Kier molecular flexibility index (Phi) is 4.57. The van der Waals surface area contributed by atoms with Crippen molar-refractivity contribution in [3.05, 3.63) is 47.2 Å². The third-order valence-corrected chi connectivity index (χ3v) is 8.31. The molecule has 0 spiro atoms. The summed E-state index contributed by atoms with van der Waals surface area (Å²) >= 11 is 0. The van der Waals surface area contributed by atoms with E-state index in [4.69, 9.17) is 0 Å². The van der Waals surface area contributed by atoms with Gasteiger partial charge in [-0.25, -0.2) is 13.6 Å². The van der Waals surface area contributed by atoms with Crippen LogP contribution in [0.25, 0.3) is 11.3 Å². The smallest absolute Gasteiger partial charge is 0.317 e. The van der Waals surface area contributed by atoms with Gasteiger partial charge in [-0.3, -0.25) is 0 Å². The van der Waals surface area contributed by atoms with Crippen molar-refractivity contribution in [3.8, 4) is 11.3 Å². The maximum atomic E-state index is 14.4. The van der Waals surface area contributed by atoms with E-state index in [2.05, 4.69) is 29.4 Å². The summed E-state index contributed by atoms with van der Waals surface area (Å²) in [4.78, 5) is 14.2. The zero-order valence-corrected chi connectivity index (χ0v) is 18.2. The van der Waals surface area contributed by atoms with E-state index in [0.29, 0.717) is 6.54 Å². The van der Waals surface area contributed by atoms with Crippen LogP contribution in [0.15, 0.2) is 24.3 Å². The van der Waals surface area contributed by atoms with Gasteiger partial charge in [-0.05, 0) is 66.7 Å². The highest BCUT2D eigenvalue weighted by molar-refractivity contribution is 5.74. The van der Waals surface area contributed by atoms with Crippen LogP contribution in [0, 0.1) is 23.0 Å². The maximum absolute atomic E-state index is 14.4. The van der Waals surface area contributed by atoms with E-state index in [1.165, 1.54) is 18.2 Å². The van der Waals surface area contributed by atoms with Gasteiger partial charge in [-0.2, -0.15) is 10.2 Å². The summed E-state index contributed by atoms with van der Waals surface area (Å²) in [6.07, 6.45) is 4.02. The molecule has 1 aliphatic heterocycles. The van der Waals surface area contributed by atoms with Crippen LogP contribution < -0.4 is 5.32 Å². The molecule has 1 N–H and O–H groups in total. The Hall–Kier alpha value is -2.57. The molecule has 2 aromatic rings. The molecule has 3 atom stereocenters. The summed E-state index contributed by atoms with van der Waals surface area (Å²) in [5.74, 6) is -0.702. The molecule has 7 heteroatoms. The number of halogens is 2. The number of hydrogen-bond acceptors (Lipinski definition) is 3. The van der Waals surface area contributed by atoms with Crippen LogP contribution in [0.2, 0.25) is 0 Å². The predicted molar refractivity (Wildman–Crippen MR) is 114 cm³/mol. The first kappa shape index (κ1) is 20.3. The number of carbonyl (C=O) groups excluding carboxylic acids is 1. The number of nitrogens with one attached hydrogen (secondary N) is 1. The molecule has 5 rings (SSSR count). The Morgan fingerprint density at radius 2 is 1.94 bits per heavy atom. The van der Waals surface area contributed by atoms with Crippen molar-refractivity contribution >= 4 is 6.03 Å². The standard InChI is InChI=1S/C24H28F2N4O/c1-23(2)16-9-10-24(23,14-6-5-11-30(13-14)22(31)27-3)21-15(16)12-19(28-29-21)20-17(25)7-4-8-18(20)26/h4,7-8,12,14,16H,5-6,9-11,13H2,1-3H3,(H,27,31)/t14-,16-,24-/m0/s1. The van der Waals surface area contributed by atoms with Crippen LogP contribution >= 0.6 is 0 Å². The lowest BCUT2D eigenvalue weighted by molar-refractivity contribution is 0.0682. The minimum absolute atomic E-state index is 0.0388. The molecule has 0 unspecified atom stereocenters. The lowest BCUT2D eigenvalue weighted by atomic mass is 9.59. The molecule has 2 amide bonds.